The van der Waals surface area contributed by atoms with Crippen LogP contribution in [0.25, 0.3) is 0 Å². The van der Waals surface area contributed by atoms with E-state index in [0.29, 0.717) is 0 Å². The fourth-order valence-corrected chi connectivity index (χ4v) is 4.54. The summed E-state index contributed by atoms with van der Waals surface area (Å²) in [5.74, 6) is 8.52. The van der Waals surface area contributed by atoms with Crippen molar-refractivity contribution in [1.82, 2.24) is 0 Å². The molecule has 0 spiro atoms. The second-order valence-electron chi connectivity index (χ2n) is 9.98. The molecule has 0 fully saturated rings. The lowest BCUT2D eigenvalue weighted by atomic mass is 9.92. The van der Waals surface area contributed by atoms with Gasteiger partial charge < -0.3 is 0 Å². The van der Waals surface area contributed by atoms with E-state index in [9.17, 15) is 0 Å². The summed E-state index contributed by atoms with van der Waals surface area (Å²) < 4.78 is 0. The van der Waals surface area contributed by atoms with Crippen LogP contribution in [0.3, 0.4) is 0 Å². The molecular formula is C30H58. The summed E-state index contributed by atoms with van der Waals surface area (Å²) in [6.07, 6.45) is 30.8. The van der Waals surface area contributed by atoms with E-state index in [4.69, 9.17) is 0 Å². The summed E-state index contributed by atoms with van der Waals surface area (Å²) >= 11 is 0. The summed E-state index contributed by atoms with van der Waals surface area (Å²) in [5, 5.41) is 0. The number of unbranched alkanes of at least 4 members (excludes halogenated alkanes) is 13. The first kappa shape index (κ1) is 29.6. The normalized spacial score (nSPS) is 13.1. The lowest BCUT2D eigenvalue weighted by Gasteiger charge is -2.14. The molecule has 0 aromatic heterocycles. The molecular weight excluding hydrogens is 360 g/mol. The Morgan fingerprint density at radius 1 is 0.467 bits per heavy atom. The minimum Gasteiger partial charge on any atom is -0.103 e. The SMILES string of the molecule is CCCC#CCCCCCCCCCC(C)CCCCCCCC(CC)CCCC. The topological polar surface area (TPSA) is 0 Å². The zero-order chi connectivity index (χ0) is 22.1. The Morgan fingerprint density at radius 2 is 0.933 bits per heavy atom. The van der Waals surface area contributed by atoms with Crippen LogP contribution in [-0.4, -0.2) is 0 Å². The Morgan fingerprint density at radius 3 is 1.47 bits per heavy atom. The standard InChI is InChI=1S/C30H58/c1-5-8-10-11-12-13-14-15-16-17-19-22-25-29(4)26-23-20-18-21-24-28-30(7-3)27-9-6-2/h29-30H,5-9,12-28H2,1-4H3. The van der Waals surface area contributed by atoms with Gasteiger partial charge in [-0.05, 0) is 24.7 Å². The zero-order valence-electron chi connectivity index (χ0n) is 21.7. The van der Waals surface area contributed by atoms with Crippen LogP contribution >= 0.6 is 0 Å². The van der Waals surface area contributed by atoms with Crippen LogP contribution in [0.4, 0.5) is 0 Å². The molecule has 0 saturated carbocycles. The van der Waals surface area contributed by atoms with Gasteiger partial charge in [-0.3, -0.25) is 0 Å². The van der Waals surface area contributed by atoms with Gasteiger partial charge in [0.2, 0.25) is 0 Å². The van der Waals surface area contributed by atoms with E-state index in [1.165, 1.54) is 128 Å². The summed E-state index contributed by atoms with van der Waals surface area (Å²) in [6.45, 7) is 9.39. The fourth-order valence-electron chi connectivity index (χ4n) is 4.54. The maximum atomic E-state index is 3.30. The van der Waals surface area contributed by atoms with Crippen molar-refractivity contribution in [2.45, 2.75) is 169 Å². The summed E-state index contributed by atoms with van der Waals surface area (Å²) in [5.41, 5.74) is 0. The van der Waals surface area contributed by atoms with Crippen LogP contribution in [0.1, 0.15) is 169 Å². The summed E-state index contributed by atoms with van der Waals surface area (Å²) in [4.78, 5) is 0. The summed E-state index contributed by atoms with van der Waals surface area (Å²) in [6, 6.07) is 0. The maximum absolute atomic E-state index is 3.30. The van der Waals surface area contributed by atoms with E-state index >= 15 is 0 Å². The second-order valence-corrected chi connectivity index (χ2v) is 9.98. The molecule has 0 heteroatoms. The molecule has 0 amide bonds. The molecule has 0 aromatic rings. The molecule has 0 aromatic carbocycles. The maximum Gasteiger partial charge on any atom is 0.00886 e. The number of hydrogen-bond donors (Lipinski definition) is 0. The monoisotopic (exact) mass is 418 g/mol. The van der Waals surface area contributed by atoms with Gasteiger partial charge in [0.1, 0.15) is 0 Å². The first-order valence-corrected chi connectivity index (χ1v) is 14.2. The summed E-state index contributed by atoms with van der Waals surface area (Å²) in [7, 11) is 0. The van der Waals surface area contributed by atoms with E-state index in [-0.39, 0.29) is 0 Å². The van der Waals surface area contributed by atoms with Gasteiger partial charge in [0.15, 0.2) is 0 Å². The van der Waals surface area contributed by atoms with Gasteiger partial charge in [-0.1, -0.05) is 143 Å². The molecule has 2 atom stereocenters. The van der Waals surface area contributed by atoms with Gasteiger partial charge in [0.25, 0.3) is 0 Å². The van der Waals surface area contributed by atoms with Gasteiger partial charge in [-0.25, -0.2) is 0 Å². The van der Waals surface area contributed by atoms with Crippen molar-refractivity contribution < 1.29 is 0 Å². The minimum absolute atomic E-state index is 0.949. The van der Waals surface area contributed by atoms with Crippen molar-refractivity contribution in [3.8, 4) is 11.8 Å². The molecule has 0 aliphatic carbocycles. The predicted molar refractivity (Wildman–Crippen MR) is 139 cm³/mol. The van der Waals surface area contributed by atoms with Gasteiger partial charge in [0, 0.05) is 12.8 Å². The van der Waals surface area contributed by atoms with Crippen LogP contribution in [0.2, 0.25) is 0 Å². The molecule has 0 nitrogen and oxygen atoms in total. The van der Waals surface area contributed by atoms with Crippen LogP contribution in [0.15, 0.2) is 0 Å². The highest BCUT2D eigenvalue weighted by Crippen LogP contribution is 2.22. The smallest absolute Gasteiger partial charge is 0.00886 e. The third kappa shape index (κ3) is 22.2. The number of rotatable bonds is 22. The van der Waals surface area contributed by atoms with E-state index in [1.54, 1.807) is 0 Å². The van der Waals surface area contributed by atoms with E-state index < -0.39 is 0 Å². The van der Waals surface area contributed by atoms with Crippen molar-refractivity contribution in [2.75, 3.05) is 0 Å². The first-order chi connectivity index (χ1) is 14.7. The molecule has 0 aliphatic heterocycles. The second kappa shape index (κ2) is 24.8. The minimum atomic E-state index is 0.949. The van der Waals surface area contributed by atoms with E-state index in [2.05, 4.69) is 39.5 Å². The lowest BCUT2D eigenvalue weighted by Crippen LogP contribution is -1.99. The third-order valence-electron chi connectivity index (χ3n) is 6.85. The predicted octanol–water partition coefficient (Wildman–Crippen LogP) is 10.9. The molecule has 0 saturated heterocycles. The van der Waals surface area contributed by atoms with Crippen LogP contribution in [0.5, 0.6) is 0 Å². The van der Waals surface area contributed by atoms with E-state index in [0.717, 1.165) is 24.7 Å². The Labute approximate surface area is 192 Å². The molecule has 30 heavy (non-hydrogen) atoms. The fraction of sp³-hybridized carbons (Fsp3) is 0.933. The highest BCUT2D eigenvalue weighted by Gasteiger charge is 2.05. The van der Waals surface area contributed by atoms with Crippen molar-refractivity contribution in [1.29, 1.82) is 0 Å². The van der Waals surface area contributed by atoms with Crippen LogP contribution in [-0.2, 0) is 0 Å². The molecule has 2 unspecified atom stereocenters. The highest BCUT2D eigenvalue weighted by molar-refractivity contribution is 4.98. The molecule has 0 rings (SSSR count). The third-order valence-corrected chi connectivity index (χ3v) is 6.85. The number of hydrogen-bond acceptors (Lipinski definition) is 0. The van der Waals surface area contributed by atoms with Crippen molar-refractivity contribution in [3.63, 3.8) is 0 Å². The molecule has 178 valence electrons. The van der Waals surface area contributed by atoms with Gasteiger partial charge in [-0.2, -0.15) is 0 Å². The van der Waals surface area contributed by atoms with Gasteiger partial charge in [0.05, 0.1) is 0 Å². The molecule has 0 heterocycles. The Bertz CT molecular complexity index is 371. The molecule has 0 aliphatic rings. The van der Waals surface area contributed by atoms with Crippen LogP contribution < -0.4 is 0 Å². The zero-order valence-corrected chi connectivity index (χ0v) is 21.7. The van der Waals surface area contributed by atoms with Crippen molar-refractivity contribution in [2.24, 2.45) is 11.8 Å². The van der Waals surface area contributed by atoms with Gasteiger partial charge >= 0.3 is 0 Å². The van der Waals surface area contributed by atoms with Crippen molar-refractivity contribution >= 4 is 0 Å². The average molecular weight is 419 g/mol. The largest absolute Gasteiger partial charge is 0.103 e. The molecule has 0 radical (unpaired) electrons. The Hall–Kier alpha value is -0.440. The Balaban J connectivity index is 3.31. The van der Waals surface area contributed by atoms with Crippen LogP contribution in [0, 0.1) is 23.7 Å². The highest BCUT2D eigenvalue weighted by atomic mass is 14.1. The molecule has 0 bridgehead atoms. The Kier molecular flexibility index (Phi) is 24.5. The quantitative estimate of drug-likeness (QED) is 0.121. The van der Waals surface area contributed by atoms with Crippen molar-refractivity contribution in [3.05, 3.63) is 0 Å². The van der Waals surface area contributed by atoms with E-state index in [1.807, 2.05) is 0 Å². The average Bonchev–Trinajstić information content (AvgIpc) is 2.75. The van der Waals surface area contributed by atoms with Gasteiger partial charge in [-0.15, -0.1) is 11.8 Å². The molecule has 0 N–H and O–H groups in total. The first-order valence-electron chi connectivity index (χ1n) is 14.2. The lowest BCUT2D eigenvalue weighted by molar-refractivity contribution is 0.395.